The first-order valence-corrected chi connectivity index (χ1v) is 10.6. The number of methoxy groups -OCH3 is 1. The Morgan fingerprint density at radius 2 is 1.84 bits per heavy atom. The van der Waals surface area contributed by atoms with Gasteiger partial charge in [0, 0.05) is 24.4 Å². The van der Waals surface area contributed by atoms with E-state index < -0.39 is 0 Å². The van der Waals surface area contributed by atoms with Crippen molar-refractivity contribution in [2.75, 3.05) is 7.11 Å². The molecule has 5 rings (SSSR count). The zero-order valence-electron chi connectivity index (χ0n) is 17.7. The Balaban J connectivity index is 1.74. The summed E-state index contributed by atoms with van der Waals surface area (Å²) in [6, 6.07) is 22.7. The molecule has 0 spiro atoms. The van der Waals surface area contributed by atoms with Gasteiger partial charge in [-0.15, -0.1) is 0 Å². The van der Waals surface area contributed by atoms with Crippen LogP contribution in [0.2, 0.25) is 0 Å². The van der Waals surface area contributed by atoms with Gasteiger partial charge in [0.2, 0.25) is 0 Å². The van der Waals surface area contributed by atoms with Crippen molar-refractivity contribution in [1.82, 2.24) is 14.8 Å². The number of aromatic nitrogens is 3. The molecule has 0 bridgehead atoms. The highest BCUT2D eigenvalue weighted by Crippen LogP contribution is 2.42. The van der Waals surface area contributed by atoms with Gasteiger partial charge >= 0.3 is 0 Å². The molecule has 1 aliphatic heterocycles. The first-order valence-electron chi connectivity index (χ1n) is 10.6. The third kappa shape index (κ3) is 3.52. The fourth-order valence-electron chi connectivity index (χ4n) is 4.20. The maximum absolute atomic E-state index is 5.46. The predicted molar refractivity (Wildman–Crippen MR) is 123 cm³/mol. The number of benzene rings is 2. The molecule has 4 aromatic rings. The summed E-state index contributed by atoms with van der Waals surface area (Å²) >= 11 is 0. The second-order valence-corrected chi connectivity index (χ2v) is 7.61. The molecule has 0 amide bonds. The van der Waals surface area contributed by atoms with E-state index in [1.165, 1.54) is 0 Å². The van der Waals surface area contributed by atoms with E-state index in [1.54, 1.807) is 13.3 Å². The minimum atomic E-state index is 0.0326. The molecule has 5 nitrogen and oxygen atoms in total. The highest BCUT2D eigenvalue weighted by atomic mass is 16.5. The Morgan fingerprint density at radius 1 is 1.00 bits per heavy atom. The summed E-state index contributed by atoms with van der Waals surface area (Å²) < 4.78 is 7.54. The summed E-state index contributed by atoms with van der Waals surface area (Å²) in [7, 11) is 1.69. The highest BCUT2D eigenvalue weighted by Gasteiger charge is 2.30. The molecule has 3 heterocycles. The van der Waals surface area contributed by atoms with Crippen molar-refractivity contribution >= 4 is 11.5 Å². The number of aliphatic imine (C=N–C) groups is 1. The van der Waals surface area contributed by atoms with Crippen LogP contribution in [0.4, 0.5) is 5.82 Å². The van der Waals surface area contributed by atoms with Gasteiger partial charge < -0.3 is 4.74 Å². The molecule has 0 N–H and O–H groups in total. The van der Waals surface area contributed by atoms with Crippen LogP contribution in [0.5, 0.6) is 5.75 Å². The van der Waals surface area contributed by atoms with Gasteiger partial charge in [-0.1, -0.05) is 55.5 Å². The molecule has 1 aliphatic rings. The van der Waals surface area contributed by atoms with Crippen LogP contribution in [0.1, 0.15) is 36.2 Å². The van der Waals surface area contributed by atoms with Crippen LogP contribution in [0.25, 0.3) is 11.1 Å². The molecule has 1 atom stereocenters. The molecule has 0 aliphatic carbocycles. The number of nitrogens with zero attached hydrogens (tertiary/aromatic N) is 4. The summed E-state index contributed by atoms with van der Waals surface area (Å²) in [5.74, 6) is 1.73. The monoisotopic (exact) mass is 408 g/mol. The molecule has 0 saturated heterocycles. The van der Waals surface area contributed by atoms with Gasteiger partial charge in [0.15, 0.2) is 5.82 Å². The van der Waals surface area contributed by atoms with Gasteiger partial charge in [-0.05, 0) is 41.3 Å². The molecular weight excluding hydrogens is 384 g/mol. The Bertz CT molecular complexity index is 1230. The van der Waals surface area contributed by atoms with E-state index in [2.05, 4.69) is 53.0 Å². The van der Waals surface area contributed by atoms with Crippen molar-refractivity contribution in [2.24, 2.45) is 4.99 Å². The van der Waals surface area contributed by atoms with Crippen molar-refractivity contribution in [3.8, 4) is 16.9 Å². The number of rotatable bonds is 5. The Labute approximate surface area is 182 Å². The average molecular weight is 409 g/mol. The molecule has 0 saturated carbocycles. The van der Waals surface area contributed by atoms with E-state index in [9.17, 15) is 0 Å². The SMILES string of the molecule is CCc1nn2c(c1-c1ccccc1)N=C(c1cccc(OC)c1)C[C@@H]2c1cccnc1. The predicted octanol–water partition coefficient (Wildman–Crippen LogP) is 5.63. The smallest absolute Gasteiger partial charge is 0.159 e. The summed E-state index contributed by atoms with van der Waals surface area (Å²) in [5, 5.41) is 5.02. The zero-order valence-corrected chi connectivity index (χ0v) is 17.7. The summed E-state index contributed by atoms with van der Waals surface area (Å²) in [5.41, 5.74) is 6.53. The number of fused-ring (bicyclic) bond motifs is 1. The number of hydrogen-bond acceptors (Lipinski definition) is 4. The zero-order chi connectivity index (χ0) is 21.2. The van der Waals surface area contributed by atoms with Crippen molar-refractivity contribution in [1.29, 1.82) is 0 Å². The third-order valence-corrected chi connectivity index (χ3v) is 5.75. The second kappa shape index (κ2) is 8.19. The van der Waals surface area contributed by atoms with Crippen LogP contribution in [0, 0.1) is 0 Å². The number of pyridine rings is 1. The summed E-state index contributed by atoms with van der Waals surface area (Å²) in [4.78, 5) is 9.52. The van der Waals surface area contributed by atoms with Gasteiger partial charge in [-0.2, -0.15) is 5.10 Å². The quantitative estimate of drug-likeness (QED) is 0.430. The number of ether oxygens (including phenoxy) is 1. The molecule has 0 radical (unpaired) electrons. The lowest BCUT2D eigenvalue weighted by molar-refractivity contribution is 0.414. The van der Waals surface area contributed by atoms with E-state index in [1.807, 2.05) is 36.5 Å². The molecule has 31 heavy (non-hydrogen) atoms. The van der Waals surface area contributed by atoms with Crippen LogP contribution >= 0.6 is 0 Å². The molecular formula is C26H24N4O. The van der Waals surface area contributed by atoms with Crippen LogP contribution in [0.3, 0.4) is 0 Å². The molecule has 0 unspecified atom stereocenters. The first-order chi connectivity index (χ1) is 15.3. The second-order valence-electron chi connectivity index (χ2n) is 7.61. The molecule has 0 fully saturated rings. The maximum atomic E-state index is 5.46. The first kappa shape index (κ1) is 19.2. The van der Waals surface area contributed by atoms with Gasteiger partial charge in [0.1, 0.15) is 5.75 Å². The molecule has 5 heteroatoms. The summed E-state index contributed by atoms with van der Waals surface area (Å²) in [6.45, 7) is 2.15. The van der Waals surface area contributed by atoms with E-state index in [-0.39, 0.29) is 6.04 Å². The van der Waals surface area contributed by atoms with Crippen molar-refractivity contribution in [2.45, 2.75) is 25.8 Å². The van der Waals surface area contributed by atoms with Crippen molar-refractivity contribution < 1.29 is 4.74 Å². The van der Waals surface area contributed by atoms with Crippen molar-refractivity contribution in [3.05, 3.63) is 95.9 Å². The van der Waals surface area contributed by atoms with Gasteiger partial charge in [-0.3, -0.25) is 4.98 Å². The largest absolute Gasteiger partial charge is 0.497 e. The van der Waals surface area contributed by atoms with Crippen LogP contribution in [-0.4, -0.2) is 27.6 Å². The molecule has 2 aromatic heterocycles. The number of aryl methyl sites for hydroxylation is 1. The van der Waals surface area contributed by atoms with Gasteiger partial charge in [0.25, 0.3) is 0 Å². The molecule has 154 valence electrons. The number of hydrogen-bond donors (Lipinski definition) is 0. The van der Waals surface area contributed by atoms with E-state index >= 15 is 0 Å². The van der Waals surface area contributed by atoms with Crippen LogP contribution in [0.15, 0.2) is 84.1 Å². The van der Waals surface area contributed by atoms with E-state index in [0.717, 1.165) is 58.1 Å². The van der Waals surface area contributed by atoms with Crippen molar-refractivity contribution in [3.63, 3.8) is 0 Å². The normalized spacial score (nSPS) is 15.3. The maximum Gasteiger partial charge on any atom is 0.159 e. The average Bonchev–Trinajstić information content (AvgIpc) is 3.23. The lowest BCUT2D eigenvalue weighted by Crippen LogP contribution is -2.21. The summed E-state index contributed by atoms with van der Waals surface area (Å²) in [6.07, 6.45) is 5.32. The lowest BCUT2D eigenvalue weighted by Gasteiger charge is -2.25. The topological polar surface area (TPSA) is 52.3 Å². The minimum absolute atomic E-state index is 0.0326. The van der Waals surface area contributed by atoms with Crippen LogP contribution in [-0.2, 0) is 6.42 Å². The van der Waals surface area contributed by atoms with Gasteiger partial charge in [0.05, 0.1) is 24.6 Å². The van der Waals surface area contributed by atoms with E-state index in [4.69, 9.17) is 14.8 Å². The Kier molecular flexibility index (Phi) is 5.08. The molecule has 2 aromatic carbocycles. The van der Waals surface area contributed by atoms with Crippen LogP contribution < -0.4 is 4.74 Å². The minimum Gasteiger partial charge on any atom is -0.497 e. The van der Waals surface area contributed by atoms with Gasteiger partial charge in [-0.25, -0.2) is 9.67 Å². The fraction of sp³-hybridized carbons (Fsp3) is 0.192. The standard InChI is InChI=1S/C26H24N4O/c1-3-22-25(18-9-5-4-6-10-18)26-28-23(19-11-7-13-21(15-19)31-2)16-24(30(26)29-22)20-12-8-14-27-17-20/h4-15,17,24H,3,16H2,1-2H3/t24-/m1/s1. The third-order valence-electron chi connectivity index (χ3n) is 5.75. The Morgan fingerprint density at radius 3 is 2.58 bits per heavy atom. The van der Waals surface area contributed by atoms with E-state index in [0.29, 0.717) is 0 Å². The fourth-order valence-corrected chi connectivity index (χ4v) is 4.20. The highest BCUT2D eigenvalue weighted by molar-refractivity contribution is 6.04. The lowest BCUT2D eigenvalue weighted by atomic mass is 9.96. The Hall–Kier alpha value is -3.73.